The summed E-state index contributed by atoms with van der Waals surface area (Å²) in [7, 11) is 0. The van der Waals surface area contributed by atoms with Crippen LogP contribution in [-0.4, -0.2) is 5.91 Å². The van der Waals surface area contributed by atoms with Crippen LogP contribution in [0.5, 0.6) is 0 Å². The molecule has 1 N–H and O–H groups in total. The number of amides is 1. The third-order valence-electron chi connectivity index (χ3n) is 3.81. The Hall–Kier alpha value is -2.54. The Labute approximate surface area is 152 Å². The number of aryl methyl sites for hydroxylation is 1. The van der Waals surface area contributed by atoms with E-state index in [1.54, 1.807) is 11.3 Å². The van der Waals surface area contributed by atoms with Gasteiger partial charge in [0.05, 0.1) is 17.0 Å². The molecule has 0 atom stereocenters. The number of halogens is 3. The fraction of sp³-hybridized carbons (Fsp3) is 0.211. The van der Waals surface area contributed by atoms with E-state index in [1.165, 1.54) is 12.1 Å². The van der Waals surface area contributed by atoms with Crippen LogP contribution in [0.3, 0.4) is 0 Å². The second-order valence-corrected chi connectivity index (χ2v) is 6.66. The second kappa shape index (κ2) is 7.78. The number of furan rings is 1. The van der Waals surface area contributed by atoms with Crippen molar-refractivity contribution in [2.75, 3.05) is 0 Å². The Morgan fingerprint density at radius 1 is 1.08 bits per heavy atom. The minimum Gasteiger partial charge on any atom is -0.458 e. The molecule has 7 heteroatoms. The van der Waals surface area contributed by atoms with Gasteiger partial charge in [0, 0.05) is 6.42 Å². The Kier molecular flexibility index (Phi) is 5.46. The quantitative estimate of drug-likeness (QED) is 0.633. The van der Waals surface area contributed by atoms with Gasteiger partial charge < -0.3 is 9.73 Å². The van der Waals surface area contributed by atoms with Gasteiger partial charge in [0.25, 0.3) is 0 Å². The number of carbonyl (C=O) groups is 1. The SMILES string of the molecule is O=C(CCc1ccc(C(F)(F)F)cc1)NCc1ccc(-c2cccs2)o1. The number of hydrogen-bond acceptors (Lipinski definition) is 3. The molecule has 3 aromatic rings. The first-order chi connectivity index (χ1) is 12.4. The van der Waals surface area contributed by atoms with Crippen molar-refractivity contribution in [1.82, 2.24) is 5.32 Å². The number of rotatable bonds is 6. The van der Waals surface area contributed by atoms with E-state index in [-0.39, 0.29) is 18.9 Å². The summed E-state index contributed by atoms with van der Waals surface area (Å²) in [4.78, 5) is 12.9. The number of benzene rings is 1. The lowest BCUT2D eigenvalue weighted by atomic mass is 10.1. The number of hydrogen-bond donors (Lipinski definition) is 1. The van der Waals surface area contributed by atoms with Gasteiger partial charge >= 0.3 is 6.18 Å². The molecule has 0 spiro atoms. The number of alkyl halides is 3. The van der Waals surface area contributed by atoms with Crippen LogP contribution in [0.4, 0.5) is 13.2 Å². The van der Waals surface area contributed by atoms with E-state index in [1.807, 2.05) is 29.6 Å². The standard InChI is InChI=1S/C19H16F3NO2S/c20-19(21,22)14-6-3-13(4-7-14)5-10-18(24)23-12-15-8-9-16(25-15)17-2-1-11-26-17/h1-4,6-9,11H,5,10,12H2,(H,23,24). The minimum absolute atomic E-state index is 0.182. The molecule has 0 bridgehead atoms. The lowest BCUT2D eigenvalue weighted by Gasteiger charge is -2.07. The van der Waals surface area contributed by atoms with Crippen LogP contribution < -0.4 is 5.32 Å². The van der Waals surface area contributed by atoms with Gasteiger partial charge in [0.1, 0.15) is 11.5 Å². The van der Waals surface area contributed by atoms with Gasteiger partial charge in [0.2, 0.25) is 5.91 Å². The maximum Gasteiger partial charge on any atom is 0.416 e. The first kappa shape index (κ1) is 18.3. The molecule has 0 saturated heterocycles. The maximum atomic E-state index is 12.5. The zero-order valence-corrected chi connectivity index (χ0v) is 14.5. The highest BCUT2D eigenvalue weighted by Crippen LogP contribution is 2.29. The van der Waals surface area contributed by atoms with Crippen molar-refractivity contribution in [2.24, 2.45) is 0 Å². The van der Waals surface area contributed by atoms with Crippen LogP contribution in [0.1, 0.15) is 23.3 Å². The van der Waals surface area contributed by atoms with E-state index >= 15 is 0 Å². The Morgan fingerprint density at radius 3 is 2.50 bits per heavy atom. The molecular weight excluding hydrogens is 363 g/mol. The van der Waals surface area contributed by atoms with Gasteiger partial charge in [-0.1, -0.05) is 18.2 Å². The maximum absolute atomic E-state index is 12.5. The summed E-state index contributed by atoms with van der Waals surface area (Å²) >= 11 is 1.57. The van der Waals surface area contributed by atoms with Crippen LogP contribution in [0, 0.1) is 0 Å². The molecular formula is C19H16F3NO2S. The second-order valence-electron chi connectivity index (χ2n) is 5.71. The van der Waals surface area contributed by atoms with Gasteiger partial charge in [-0.3, -0.25) is 4.79 Å². The predicted molar refractivity (Wildman–Crippen MR) is 93.6 cm³/mol. The summed E-state index contributed by atoms with van der Waals surface area (Å²) in [5, 5.41) is 4.71. The highest BCUT2D eigenvalue weighted by molar-refractivity contribution is 7.13. The molecule has 136 valence electrons. The first-order valence-corrected chi connectivity index (χ1v) is 8.85. The Morgan fingerprint density at radius 2 is 1.85 bits per heavy atom. The fourth-order valence-electron chi connectivity index (χ4n) is 2.42. The van der Waals surface area contributed by atoms with Crippen molar-refractivity contribution in [3.8, 4) is 10.6 Å². The van der Waals surface area contributed by atoms with Crippen LogP contribution in [0.2, 0.25) is 0 Å². The van der Waals surface area contributed by atoms with Crippen LogP contribution in [0.25, 0.3) is 10.6 Å². The molecule has 0 fully saturated rings. The summed E-state index contributed by atoms with van der Waals surface area (Å²) in [5.41, 5.74) is -0.00352. The highest BCUT2D eigenvalue weighted by atomic mass is 32.1. The molecule has 2 heterocycles. The molecule has 0 aliphatic heterocycles. The van der Waals surface area contributed by atoms with Gasteiger partial charge in [-0.05, 0) is 47.7 Å². The Balaban J connectivity index is 1.46. The van der Waals surface area contributed by atoms with E-state index in [0.717, 1.165) is 22.8 Å². The molecule has 3 rings (SSSR count). The Bertz CT molecular complexity index is 852. The number of carbonyl (C=O) groups excluding carboxylic acids is 1. The molecule has 2 aromatic heterocycles. The number of nitrogens with one attached hydrogen (secondary N) is 1. The normalized spacial score (nSPS) is 11.5. The third-order valence-corrected chi connectivity index (χ3v) is 4.69. The van der Waals surface area contributed by atoms with Crippen molar-refractivity contribution >= 4 is 17.2 Å². The molecule has 3 nitrogen and oxygen atoms in total. The van der Waals surface area contributed by atoms with E-state index in [2.05, 4.69) is 5.32 Å². The van der Waals surface area contributed by atoms with E-state index in [0.29, 0.717) is 17.7 Å². The molecule has 1 amide bonds. The average Bonchev–Trinajstić information content (AvgIpc) is 3.29. The van der Waals surface area contributed by atoms with E-state index < -0.39 is 11.7 Å². The summed E-state index contributed by atoms with van der Waals surface area (Å²) in [5.74, 6) is 1.23. The largest absolute Gasteiger partial charge is 0.458 e. The summed E-state index contributed by atoms with van der Waals surface area (Å²) in [6.07, 6.45) is -3.77. The molecule has 26 heavy (non-hydrogen) atoms. The van der Waals surface area contributed by atoms with Crippen LogP contribution in [0.15, 0.2) is 58.3 Å². The van der Waals surface area contributed by atoms with Gasteiger partial charge in [-0.15, -0.1) is 11.3 Å². The lowest BCUT2D eigenvalue weighted by molar-refractivity contribution is -0.137. The van der Waals surface area contributed by atoms with Crippen LogP contribution >= 0.6 is 11.3 Å². The predicted octanol–water partition coefficient (Wildman–Crippen LogP) is 5.28. The first-order valence-electron chi connectivity index (χ1n) is 7.97. The van der Waals surface area contributed by atoms with Crippen LogP contribution in [-0.2, 0) is 23.9 Å². The summed E-state index contributed by atoms with van der Waals surface area (Å²) in [6.45, 7) is 0.275. The zero-order chi connectivity index (χ0) is 18.6. The minimum atomic E-state index is -4.35. The van der Waals surface area contributed by atoms with E-state index in [9.17, 15) is 18.0 Å². The summed E-state index contributed by atoms with van der Waals surface area (Å²) < 4.78 is 43.2. The highest BCUT2D eigenvalue weighted by Gasteiger charge is 2.29. The zero-order valence-electron chi connectivity index (χ0n) is 13.7. The van der Waals surface area contributed by atoms with Gasteiger partial charge in [-0.25, -0.2) is 0 Å². The third kappa shape index (κ3) is 4.76. The van der Waals surface area contributed by atoms with E-state index in [4.69, 9.17) is 4.42 Å². The fourth-order valence-corrected chi connectivity index (χ4v) is 3.10. The number of thiophene rings is 1. The van der Waals surface area contributed by atoms with Crippen molar-refractivity contribution in [3.63, 3.8) is 0 Å². The van der Waals surface area contributed by atoms with Crippen molar-refractivity contribution in [2.45, 2.75) is 25.6 Å². The average molecular weight is 379 g/mol. The van der Waals surface area contributed by atoms with Gasteiger partial charge in [0.15, 0.2) is 0 Å². The molecule has 0 aliphatic rings. The molecule has 0 radical (unpaired) electrons. The molecule has 0 aliphatic carbocycles. The van der Waals surface area contributed by atoms with Crippen molar-refractivity contribution in [1.29, 1.82) is 0 Å². The van der Waals surface area contributed by atoms with Crippen molar-refractivity contribution < 1.29 is 22.4 Å². The van der Waals surface area contributed by atoms with Crippen molar-refractivity contribution in [3.05, 3.63) is 70.8 Å². The summed E-state index contributed by atoms with van der Waals surface area (Å²) in [6, 6.07) is 12.4. The van der Waals surface area contributed by atoms with Gasteiger partial charge in [-0.2, -0.15) is 13.2 Å². The topological polar surface area (TPSA) is 42.2 Å². The molecule has 1 aromatic carbocycles. The molecule has 0 unspecified atom stereocenters. The monoisotopic (exact) mass is 379 g/mol. The lowest BCUT2D eigenvalue weighted by Crippen LogP contribution is -2.22. The smallest absolute Gasteiger partial charge is 0.416 e. The molecule has 0 saturated carbocycles.